The van der Waals surface area contributed by atoms with Crippen molar-refractivity contribution in [2.45, 2.75) is 51.0 Å². The molecule has 0 aliphatic carbocycles. The molecule has 0 spiro atoms. The van der Waals surface area contributed by atoms with E-state index in [-0.39, 0.29) is 36.4 Å². The first kappa shape index (κ1) is 18.3. The summed E-state index contributed by atoms with van der Waals surface area (Å²) in [6, 6.07) is 0.0138. The zero-order valence-electron chi connectivity index (χ0n) is 14.9. The number of thioether (sulfide) groups is 1. The lowest BCUT2D eigenvalue weighted by molar-refractivity contribution is -0.160. The van der Waals surface area contributed by atoms with Crippen LogP contribution in [0.3, 0.4) is 0 Å². The number of hydrogen-bond acceptors (Lipinski definition) is 6. The van der Waals surface area contributed by atoms with Crippen molar-refractivity contribution in [3.8, 4) is 0 Å². The minimum absolute atomic E-state index is 0.0138. The van der Waals surface area contributed by atoms with Gasteiger partial charge in [-0.1, -0.05) is 13.5 Å². The van der Waals surface area contributed by atoms with Crippen LogP contribution in [-0.4, -0.2) is 52.4 Å². The van der Waals surface area contributed by atoms with Gasteiger partial charge in [0.2, 0.25) is 5.91 Å². The molecule has 0 aromatic heterocycles. The van der Waals surface area contributed by atoms with Gasteiger partial charge in [0.1, 0.15) is 0 Å². The number of β-lactam (4-membered cyclic amide) rings is 1. The number of carbonyl (C=O) groups is 2. The normalized spacial score (nSPS) is 32.4. The average Bonchev–Trinajstić information content (AvgIpc) is 3.01. The van der Waals surface area contributed by atoms with Gasteiger partial charge in [0.15, 0.2) is 0 Å². The van der Waals surface area contributed by atoms with E-state index in [9.17, 15) is 14.7 Å². The van der Waals surface area contributed by atoms with E-state index >= 15 is 0 Å². The number of ether oxygens (including phenoxy) is 1. The predicted molar refractivity (Wildman–Crippen MR) is 96.4 cm³/mol. The number of carbonyl (C=O) groups excluding carboxylic acids is 2. The number of nitrogens with zero attached hydrogens (tertiary/aromatic N) is 1. The number of hydrogen-bond donors (Lipinski definition) is 2. The largest absolute Gasteiger partial charge is 0.465 e. The molecule has 1 amide bonds. The fourth-order valence-electron chi connectivity index (χ4n) is 4.06. The second kappa shape index (κ2) is 7.03. The molecular formula is C18H26N2O4S. The SMILES string of the molecule is C=C1CC(SC2=C(CCOC(C)=O)N3C(=O)[C@H]([C@@H](C)O)[C@H]3[C@H]2C)CN1. The predicted octanol–water partition coefficient (Wildman–Crippen LogP) is 1.62. The smallest absolute Gasteiger partial charge is 0.302 e. The highest BCUT2D eigenvalue weighted by Gasteiger charge is 2.58. The van der Waals surface area contributed by atoms with Gasteiger partial charge in [0.05, 0.1) is 24.7 Å². The minimum atomic E-state index is -0.650. The topological polar surface area (TPSA) is 78.9 Å². The van der Waals surface area contributed by atoms with Crippen LogP contribution in [0.5, 0.6) is 0 Å². The zero-order chi connectivity index (χ0) is 18.3. The number of aliphatic hydroxyl groups excluding tert-OH is 1. The van der Waals surface area contributed by atoms with Crippen LogP contribution >= 0.6 is 11.8 Å². The maximum atomic E-state index is 12.6. The van der Waals surface area contributed by atoms with Gasteiger partial charge < -0.3 is 20.1 Å². The molecular weight excluding hydrogens is 340 g/mol. The van der Waals surface area contributed by atoms with Gasteiger partial charge in [-0.25, -0.2) is 0 Å². The lowest BCUT2D eigenvalue weighted by Gasteiger charge is -2.47. The Morgan fingerprint density at radius 2 is 2.28 bits per heavy atom. The second-order valence-corrected chi connectivity index (χ2v) is 8.43. The molecule has 0 radical (unpaired) electrons. The van der Waals surface area contributed by atoms with E-state index in [1.165, 1.54) is 11.8 Å². The van der Waals surface area contributed by atoms with Crippen LogP contribution in [0.25, 0.3) is 0 Å². The fourth-order valence-corrected chi connectivity index (χ4v) is 5.56. The van der Waals surface area contributed by atoms with Crippen molar-refractivity contribution in [2.24, 2.45) is 11.8 Å². The van der Waals surface area contributed by atoms with Crippen molar-refractivity contribution in [3.05, 3.63) is 22.9 Å². The lowest BCUT2D eigenvalue weighted by Crippen LogP contribution is -2.63. The van der Waals surface area contributed by atoms with Gasteiger partial charge in [-0.2, -0.15) is 0 Å². The van der Waals surface area contributed by atoms with Crippen molar-refractivity contribution in [2.75, 3.05) is 13.2 Å². The van der Waals surface area contributed by atoms with Gasteiger partial charge >= 0.3 is 5.97 Å². The number of amides is 1. The number of esters is 1. The molecule has 0 aromatic carbocycles. The van der Waals surface area contributed by atoms with Crippen molar-refractivity contribution >= 4 is 23.6 Å². The summed E-state index contributed by atoms with van der Waals surface area (Å²) in [7, 11) is 0. The van der Waals surface area contributed by atoms with E-state index in [0.29, 0.717) is 11.7 Å². The third-order valence-electron chi connectivity index (χ3n) is 5.20. The van der Waals surface area contributed by atoms with Gasteiger partial charge in [-0.05, 0) is 6.92 Å². The van der Waals surface area contributed by atoms with Gasteiger partial charge in [-0.15, -0.1) is 11.8 Å². The quantitative estimate of drug-likeness (QED) is 0.549. The minimum Gasteiger partial charge on any atom is -0.465 e. The Bertz CT molecular complexity index is 631. The van der Waals surface area contributed by atoms with E-state index in [1.807, 2.05) is 4.90 Å². The van der Waals surface area contributed by atoms with Crippen LogP contribution < -0.4 is 5.32 Å². The summed E-state index contributed by atoms with van der Waals surface area (Å²) in [6.07, 6.45) is 0.793. The number of allylic oxidation sites excluding steroid dienone is 1. The van der Waals surface area contributed by atoms with Crippen LogP contribution in [0.4, 0.5) is 0 Å². The Balaban J connectivity index is 1.80. The Kier molecular flexibility index (Phi) is 5.16. The molecule has 3 rings (SSSR count). The molecule has 25 heavy (non-hydrogen) atoms. The summed E-state index contributed by atoms with van der Waals surface area (Å²) in [5, 5.41) is 13.7. The Labute approximate surface area is 152 Å². The van der Waals surface area contributed by atoms with E-state index < -0.39 is 6.10 Å². The highest BCUT2D eigenvalue weighted by atomic mass is 32.2. The molecule has 1 unspecified atom stereocenters. The van der Waals surface area contributed by atoms with E-state index in [1.54, 1.807) is 18.7 Å². The standard InChI is InChI=1S/C18H26N2O4S/c1-9-7-13(8-19-9)25-17-10(2)16-15(11(3)21)18(23)20(16)14(17)5-6-24-12(4)22/h10-11,13,15-16,19,21H,1,5-8H2,2-4H3/t10-,11-,13?,15-,16-/m1/s1. The number of aliphatic hydroxyl groups is 1. The van der Waals surface area contributed by atoms with Crippen molar-refractivity contribution in [1.29, 1.82) is 0 Å². The van der Waals surface area contributed by atoms with Crippen molar-refractivity contribution in [1.82, 2.24) is 10.2 Å². The van der Waals surface area contributed by atoms with Gasteiger partial charge in [-0.3, -0.25) is 9.59 Å². The van der Waals surface area contributed by atoms with E-state index in [0.717, 1.165) is 24.4 Å². The molecule has 3 aliphatic rings. The third-order valence-corrected chi connectivity index (χ3v) is 6.73. The van der Waals surface area contributed by atoms with Crippen LogP contribution in [0.2, 0.25) is 0 Å². The molecule has 0 saturated carbocycles. The highest BCUT2D eigenvalue weighted by molar-refractivity contribution is 8.03. The summed E-state index contributed by atoms with van der Waals surface area (Å²) in [5.41, 5.74) is 2.01. The maximum Gasteiger partial charge on any atom is 0.302 e. The van der Waals surface area contributed by atoms with Crippen LogP contribution in [0, 0.1) is 11.8 Å². The van der Waals surface area contributed by atoms with Crippen LogP contribution in [-0.2, 0) is 14.3 Å². The zero-order valence-corrected chi connectivity index (χ0v) is 15.8. The summed E-state index contributed by atoms with van der Waals surface area (Å²) in [6.45, 7) is 10.3. The molecule has 2 fully saturated rings. The van der Waals surface area contributed by atoms with E-state index in [2.05, 4.69) is 18.8 Å². The Morgan fingerprint density at radius 1 is 1.56 bits per heavy atom. The highest BCUT2D eigenvalue weighted by Crippen LogP contribution is 2.52. The molecule has 2 N–H and O–H groups in total. The molecule has 7 heteroatoms. The Hall–Kier alpha value is -1.47. The monoisotopic (exact) mass is 366 g/mol. The molecule has 3 aliphatic heterocycles. The molecule has 3 heterocycles. The summed E-state index contributed by atoms with van der Waals surface area (Å²) >= 11 is 1.80. The summed E-state index contributed by atoms with van der Waals surface area (Å²) < 4.78 is 5.10. The van der Waals surface area contributed by atoms with Crippen LogP contribution in [0.15, 0.2) is 22.9 Å². The average molecular weight is 366 g/mol. The van der Waals surface area contributed by atoms with E-state index in [4.69, 9.17) is 4.74 Å². The number of rotatable bonds is 6. The van der Waals surface area contributed by atoms with Gasteiger partial charge in [0.25, 0.3) is 0 Å². The molecule has 0 aromatic rings. The lowest BCUT2D eigenvalue weighted by atomic mass is 9.79. The molecule has 2 saturated heterocycles. The fraction of sp³-hybridized carbons (Fsp3) is 0.667. The second-order valence-electron chi connectivity index (χ2n) is 7.08. The first-order chi connectivity index (χ1) is 11.8. The Morgan fingerprint density at radius 3 is 2.84 bits per heavy atom. The van der Waals surface area contributed by atoms with Gasteiger partial charge in [0, 0.05) is 53.8 Å². The van der Waals surface area contributed by atoms with Crippen molar-refractivity contribution < 1.29 is 19.4 Å². The molecule has 138 valence electrons. The summed E-state index contributed by atoms with van der Waals surface area (Å²) in [5.74, 6) is -0.489. The van der Waals surface area contributed by atoms with Crippen molar-refractivity contribution in [3.63, 3.8) is 0 Å². The number of nitrogens with one attached hydrogen (secondary N) is 1. The maximum absolute atomic E-state index is 12.6. The third kappa shape index (κ3) is 3.31. The number of fused-ring (bicyclic) bond motifs is 1. The van der Waals surface area contributed by atoms with Crippen LogP contribution in [0.1, 0.15) is 33.6 Å². The molecule has 0 bridgehead atoms. The molecule has 6 nitrogen and oxygen atoms in total. The summed E-state index contributed by atoms with van der Waals surface area (Å²) in [4.78, 5) is 26.6. The first-order valence-electron chi connectivity index (χ1n) is 8.77. The first-order valence-corrected chi connectivity index (χ1v) is 9.65. The molecule has 5 atom stereocenters.